The number of nitrogens with two attached hydrogens (primary N) is 1. The fraction of sp³-hybridized carbons (Fsp3) is 0.538. The molecule has 1 aliphatic rings. The lowest BCUT2D eigenvalue weighted by atomic mass is 10.2. The Morgan fingerprint density at radius 2 is 2.26 bits per heavy atom. The second-order valence-electron chi connectivity index (χ2n) is 5.02. The molecule has 0 bridgehead atoms. The molecule has 0 spiro atoms. The summed E-state index contributed by atoms with van der Waals surface area (Å²) in [6.07, 6.45) is 3.90. The number of carboxylic acids is 1. The van der Waals surface area contributed by atoms with Gasteiger partial charge in [0.2, 0.25) is 0 Å². The number of rotatable bonds is 5. The minimum absolute atomic E-state index is 0.0888. The Morgan fingerprint density at radius 1 is 1.58 bits per heavy atom. The summed E-state index contributed by atoms with van der Waals surface area (Å²) in [6, 6.07) is 1.70. The Hall–Kier alpha value is -1.82. The normalized spacial score (nSPS) is 17.3. The average molecular weight is 264 g/mol. The molecule has 104 valence electrons. The van der Waals surface area contributed by atoms with Crippen molar-refractivity contribution in [2.75, 3.05) is 30.7 Å². The van der Waals surface area contributed by atoms with Gasteiger partial charge in [-0.05, 0) is 38.9 Å². The van der Waals surface area contributed by atoms with E-state index in [1.54, 1.807) is 0 Å². The highest BCUT2D eigenvalue weighted by molar-refractivity contribution is 5.94. The molecule has 4 N–H and O–H groups in total. The smallest absolute Gasteiger partial charge is 0.337 e. The minimum Gasteiger partial charge on any atom is -0.478 e. The summed E-state index contributed by atoms with van der Waals surface area (Å²) in [5.41, 5.74) is 5.85. The number of carbonyl (C=O) groups is 1. The number of hydrogen-bond donors (Lipinski definition) is 3. The van der Waals surface area contributed by atoms with Gasteiger partial charge in [-0.15, -0.1) is 0 Å². The lowest BCUT2D eigenvalue weighted by molar-refractivity contribution is 0.0698. The fourth-order valence-electron chi connectivity index (χ4n) is 2.38. The number of pyridine rings is 1. The third-order valence-corrected chi connectivity index (χ3v) is 3.29. The van der Waals surface area contributed by atoms with E-state index >= 15 is 0 Å². The van der Waals surface area contributed by atoms with E-state index in [1.165, 1.54) is 25.1 Å². The van der Waals surface area contributed by atoms with Crippen LogP contribution in [0.1, 0.15) is 30.1 Å². The van der Waals surface area contributed by atoms with Crippen LogP contribution in [-0.4, -0.2) is 46.6 Å². The van der Waals surface area contributed by atoms with Gasteiger partial charge in [0.15, 0.2) is 0 Å². The predicted molar refractivity (Wildman–Crippen MR) is 74.4 cm³/mol. The Labute approximate surface area is 112 Å². The van der Waals surface area contributed by atoms with Crippen LogP contribution in [0.4, 0.5) is 11.5 Å². The number of anilines is 2. The third-order valence-electron chi connectivity index (χ3n) is 3.29. The lowest BCUT2D eigenvalue weighted by Crippen LogP contribution is -2.33. The molecule has 1 aliphatic heterocycles. The van der Waals surface area contributed by atoms with Gasteiger partial charge in [0.05, 0.1) is 17.4 Å². The van der Waals surface area contributed by atoms with Crippen molar-refractivity contribution >= 4 is 17.5 Å². The summed E-state index contributed by atoms with van der Waals surface area (Å²) in [5, 5.41) is 12.2. The van der Waals surface area contributed by atoms with Gasteiger partial charge in [-0.25, -0.2) is 9.78 Å². The zero-order valence-corrected chi connectivity index (χ0v) is 11.1. The monoisotopic (exact) mass is 264 g/mol. The molecule has 1 fully saturated rings. The largest absolute Gasteiger partial charge is 0.478 e. The summed E-state index contributed by atoms with van der Waals surface area (Å²) in [5.74, 6) is -0.478. The number of likely N-dealkylation sites (tertiary alicyclic amines) is 1. The summed E-state index contributed by atoms with van der Waals surface area (Å²) < 4.78 is 0. The van der Waals surface area contributed by atoms with Crippen LogP contribution >= 0.6 is 0 Å². The SMILES string of the molecule is CC(CN1CCCC1)Nc1cc(C(=O)O)c(N)cn1. The average Bonchev–Trinajstić information content (AvgIpc) is 2.84. The molecular formula is C13H20N4O2. The van der Waals surface area contributed by atoms with Gasteiger partial charge < -0.3 is 21.1 Å². The molecule has 0 radical (unpaired) electrons. The van der Waals surface area contributed by atoms with Gasteiger partial charge in [0, 0.05) is 12.6 Å². The van der Waals surface area contributed by atoms with E-state index in [-0.39, 0.29) is 17.3 Å². The zero-order chi connectivity index (χ0) is 13.8. The molecule has 0 amide bonds. The number of nitrogens with one attached hydrogen (secondary N) is 1. The van der Waals surface area contributed by atoms with Crippen LogP contribution in [0, 0.1) is 0 Å². The molecule has 2 rings (SSSR count). The Balaban J connectivity index is 1.98. The third kappa shape index (κ3) is 3.57. The van der Waals surface area contributed by atoms with Crippen LogP contribution in [0.25, 0.3) is 0 Å². The summed E-state index contributed by atoms with van der Waals surface area (Å²) in [7, 11) is 0. The van der Waals surface area contributed by atoms with Crippen molar-refractivity contribution in [3.8, 4) is 0 Å². The van der Waals surface area contributed by atoms with Crippen LogP contribution in [-0.2, 0) is 0 Å². The van der Waals surface area contributed by atoms with Gasteiger partial charge in [0.25, 0.3) is 0 Å². The molecule has 1 atom stereocenters. The zero-order valence-electron chi connectivity index (χ0n) is 11.1. The quantitative estimate of drug-likeness (QED) is 0.741. The maximum Gasteiger partial charge on any atom is 0.337 e. The molecule has 19 heavy (non-hydrogen) atoms. The summed E-state index contributed by atoms with van der Waals surface area (Å²) in [6.45, 7) is 5.29. The molecule has 1 unspecified atom stereocenters. The van der Waals surface area contributed by atoms with Crippen molar-refractivity contribution in [3.63, 3.8) is 0 Å². The number of hydrogen-bond acceptors (Lipinski definition) is 5. The first-order chi connectivity index (χ1) is 9.06. The Morgan fingerprint density at radius 3 is 2.89 bits per heavy atom. The van der Waals surface area contributed by atoms with Gasteiger partial charge in [-0.1, -0.05) is 0 Å². The van der Waals surface area contributed by atoms with Crippen molar-refractivity contribution in [1.82, 2.24) is 9.88 Å². The van der Waals surface area contributed by atoms with E-state index < -0.39 is 5.97 Å². The molecule has 1 saturated heterocycles. The predicted octanol–water partition coefficient (Wildman–Crippen LogP) is 1.26. The van der Waals surface area contributed by atoms with Gasteiger partial charge in [-0.2, -0.15) is 0 Å². The molecular weight excluding hydrogens is 244 g/mol. The summed E-state index contributed by atoms with van der Waals surface area (Å²) in [4.78, 5) is 17.5. The molecule has 0 aromatic carbocycles. The first-order valence-corrected chi connectivity index (χ1v) is 6.54. The maximum absolute atomic E-state index is 11.0. The second-order valence-corrected chi connectivity index (χ2v) is 5.02. The molecule has 1 aromatic rings. The van der Waals surface area contributed by atoms with Crippen molar-refractivity contribution < 1.29 is 9.90 Å². The van der Waals surface area contributed by atoms with Gasteiger partial charge >= 0.3 is 5.97 Å². The topological polar surface area (TPSA) is 91.5 Å². The van der Waals surface area contributed by atoms with Crippen LogP contribution in [0.5, 0.6) is 0 Å². The number of nitrogens with zero attached hydrogens (tertiary/aromatic N) is 2. The van der Waals surface area contributed by atoms with E-state index in [4.69, 9.17) is 10.8 Å². The van der Waals surface area contributed by atoms with Crippen molar-refractivity contribution in [2.45, 2.75) is 25.8 Å². The molecule has 0 saturated carbocycles. The van der Waals surface area contributed by atoms with Crippen LogP contribution < -0.4 is 11.1 Å². The number of carboxylic acid groups (broad SMARTS) is 1. The van der Waals surface area contributed by atoms with Crippen molar-refractivity contribution in [2.24, 2.45) is 0 Å². The van der Waals surface area contributed by atoms with Crippen LogP contribution in [0.3, 0.4) is 0 Å². The molecule has 6 heteroatoms. The number of aromatic carboxylic acids is 1. The van der Waals surface area contributed by atoms with Crippen molar-refractivity contribution in [3.05, 3.63) is 17.8 Å². The fourth-order valence-corrected chi connectivity index (χ4v) is 2.38. The van der Waals surface area contributed by atoms with E-state index in [2.05, 4.69) is 22.1 Å². The van der Waals surface area contributed by atoms with Gasteiger partial charge in [-0.3, -0.25) is 0 Å². The highest BCUT2D eigenvalue weighted by Gasteiger charge is 2.15. The molecule has 0 aliphatic carbocycles. The lowest BCUT2D eigenvalue weighted by Gasteiger charge is -2.21. The number of aromatic nitrogens is 1. The van der Waals surface area contributed by atoms with E-state index in [0.717, 1.165) is 19.6 Å². The molecule has 2 heterocycles. The standard InChI is InChI=1S/C13H20N4O2/c1-9(8-17-4-2-3-5-17)16-12-6-10(13(18)19)11(14)7-15-12/h6-7,9H,2-5,8,14H2,1H3,(H,15,16)(H,18,19). The van der Waals surface area contributed by atoms with E-state index in [9.17, 15) is 4.79 Å². The Kier molecular flexibility index (Phi) is 4.21. The first-order valence-electron chi connectivity index (χ1n) is 6.54. The minimum atomic E-state index is -1.03. The highest BCUT2D eigenvalue weighted by atomic mass is 16.4. The van der Waals surface area contributed by atoms with Gasteiger partial charge in [0.1, 0.15) is 5.82 Å². The molecule has 6 nitrogen and oxygen atoms in total. The maximum atomic E-state index is 11.0. The van der Waals surface area contributed by atoms with Crippen LogP contribution in [0.15, 0.2) is 12.3 Å². The Bertz CT molecular complexity index is 458. The van der Waals surface area contributed by atoms with E-state index in [0.29, 0.717) is 5.82 Å². The highest BCUT2D eigenvalue weighted by Crippen LogP contribution is 2.16. The number of nitrogen functional groups attached to an aromatic ring is 1. The van der Waals surface area contributed by atoms with Crippen molar-refractivity contribution in [1.29, 1.82) is 0 Å². The second kappa shape index (κ2) is 5.88. The van der Waals surface area contributed by atoms with E-state index in [1.807, 2.05) is 0 Å². The molecule has 1 aromatic heterocycles. The van der Waals surface area contributed by atoms with Crippen LogP contribution in [0.2, 0.25) is 0 Å². The first kappa shape index (κ1) is 13.6. The summed E-state index contributed by atoms with van der Waals surface area (Å²) >= 11 is 0.